The van der Waals surface area contributed by atoms with E-state index < -0.39 is 39.1 Å². The van der Waals surface area contributed by atoms with Crippen LogP contribution in [-0.4, -0.2) is 26.9 Å². The zero-order chi connectivity index (χ0) is 17.8. The minimum Gasteiger partial charge on any atom is -0.352 e. The van der Waals surface area contributed by atoms with Gasteiger partial charge in [-0.3, -0.25) is 4.79 Å². The molecule has 0 unspecified atom stereocenters. The third-order valence-corrected chi connectivity index (χ3v) is 5.33. The molecule has 2 N–H and O–H groups in total. The van der Waals surface area contributed by atoms with Gasteiger partial charge in [-0.2, -0.15) is 13.2 Å². The summed E-state index contributed by atoms with van der Waals surface area (Å²) in [5.41, 5.74) is -1.26. The quantitative estimate of drug-likeness (QED) is 0.843. The summed E-state index contributed by atoms with van der Waals surface area (Å²) in [5.74, 6) is -0.546. The Hall–Kier alpha value is -1.61. The predicted octanol–water partition coefficient (Wildman–Crippen LogP) is 2.43. The molecule has 134 valence electrons. The highest BCUT2D eigenvalue weighted by Gasteiger charge is 2.36. The van der Waals surface area contributed by atoms with Gasteiger partial charge in [0, 0.05) is 6.04 Å². The first-order valence-corrected chi connectivity index (χ1v) is 9.14. The summed E-state index contributed by atoms with van der Waals surface area (Å²) in [4.78, 5) is 10.9. The number of hydrogen-bond acceptors (Lipinski definition) is 3. The zero-order valence-corrected chi connectivity index (χ0v) is 13.7. The molecule has 24 heavy (non-hydrogen) atoms. The summed E-state index contributed by atoms with van der Waals surface area (Å²) < 4.78 is 64.9. The second-order valence-electron chi connectivity index (χ2n) is 5.72. The Morgan fingerprint density at radius 2 is 1.75 bits per heavy atom. The molecule has 1 aliphatic carbocycles. The van der Waals surface area contributed by atoms with E-state index in [1.807, 2.05) is 4.72 Å². The van der Waals surface area contributed by atoms with Gasteiger partial charge in [-0.05, 0) is 25.0 Å². The fraction of sp³-hybridized carbons (Fsp3) is 0.533. The molecule has 0 heterocycles. The number of alkyl halides is 3. The summed E-state index contributed by atoms with van der Waals surface area (Å²) in [6.45, 7) is -0.592. The van der Waals surface area contributed by atoms with Crippen LogP contribution in [0.5, 0.6) is 0 Å². The Morgan fingerprint density at radius 3 is 2.38 bits per heavy atom. The van der Waals surface area contributed by atoms with Crippen LogP contribution in [0.25, 0.3) is 0 Å². The average Bonchev–Trinajstić information content (AvgIpc) is 2.53. The van der Waals surface area contributed by atoms with Crippen molar-refractivity contribution in [2.45, 2.75) is 49.2 Å². The van der Waals surface area contributed by atoms with Gasteiger partial charge in [-0.25, -0.2) is 13.1 Å². The minimum atomic E-state index is -4.80. The number of sulfonamides is 1. The van der Waals surface area contributed by atoms with Gasteiger partial charge < -0.3 is 5.32 Å². The van der Waals surface area contributed by atoms with Gasteiger partial charge in [-0.15, -0.1) is 0 Å². The van der Waals surface area contributed by atoms with Gasteiger partial charge in [0.1, 0.15) is 0 Å². The number of amides is 1. The molecule has 1 saturated carbocycles. The number of carbonyl (C=O) groups excluding carboxylic acids is 1. The number of nitrogens with one attached hydrogen (secondary N) is 2. The van der Waals surface area contributed by atoms with Crippen molar-refractivity contribution in [3.8, 4) is 0 Å². The van der Waals surface area contributed by atoms with E-state index in [1.54, 1.807) is 0 Å². The number of halogens is 3. The maximum Gasteiger partial charge on any atom is 0.417 e. The van der Waals surface area contributed by atoms with Crippen molar-refractivity contribution in [1.29, 1.82) is 0 Å². The fourth-order valence-corrected chi connectivity index (χ4v) is 3.91. The monoisotopic (exact) mass is 364 g/mol. The van der Waals surface area contributed by atoms with Gasteiger partial charge in [-0.1, -0.05) is 31.4 Å². The lowest BCUT2D eigenvalue weighted by Crippen LogP contribution is -2.42. The van der Waals surface area contributed by atoms with Crippen LogP contribution in [0.4, 0.5) is 13.2 Å². The highest BCUT2D eigenvalue weighted by molar-refractivity contribution is 7.89. The van der Waals surface area contributed by atoms with E-state index in [9.17, 15) is 26.4 Å². The maximum atomic E-state index is 12.9. The van der Waals surface area contributed by atoms with E-state index in [0.29, 0.717) is 6.07 Å². The highest BCUT2D eigenvalue weighted by Crippen LogP contribution is 2.33. The molecule has 1 fully saturated rings. The molecular weight excluding hydrogens is 345 g/mol. The molecule has 5 nitrogen and oxygen atoms in total. The third kappa shape index (κ3) is 4.94. The number of rotatable bonds is 5. The number of carbonyl (C=O) groups is 1. The molecule has 1 aromatic rings. The summed E-state index contributed by atoms with van der Waals surface area (Å²) in [5, 5.41) is 2.70. The normalized spacial score (nSPS) is 16.8. The molecule has 9 heteroatoms. The first-order valence-electron chi connectivity index (χ1n) is 7.65. The smallest absolute Gasteiger partial charge is 0.352 e. The molecule has 1 amide bonds. The number of hydrogen-bond donors (Lipinski definition) is 2. The van der Waals surface area contributed by atoms with Crippen LogP contribution < -0.4 is 10.0 Å². The van der Waals surface area contributed by atoms with Crippen molar-refractivity contribution in [1.82, 2.24) is 10.0 Å². The maximum absolute atomic E-state index is 12.9. The summed E-state index contributed by atoms with van der Waals surface area (Å²) in [6, 6.07) is 3.86. The van der Waals surface area contributed by atoms with Crippen molar-refractivity contribution in [2.24, 2.45) is 0 Å². The molecular formula is C15H19F3N2O3S. The molecule has 0 spiro atoms. The van der Waals surface area contributed by atoms with Crippen LogP contribution in [0.15, 0.2) is 29.2 Å². The Morgan fingerprint density at radius 1 is 1.12 bits per heavy atom. The summed E-state index contributed by atoms with van der Waals surface area (Å²) in [6.07, 6.45) is -0.0427. The van der Waals surface area contributed by atoms with E-state index in [-0.39, 0.29) is 6.04 Å². The van der Waals surface area contributed by atoms with E-state index in [0.717, 1.165) is 44.2 Å². The molecule has 1 aromatic carbocycles. The highest BCUT2D eigenvalue weighted by atomic mass is 32.2. The predicted molar refractivity (Wildman–Crippen MR) is 81.6 cm³/mol. The molecule has 0 aromatic heterocycles. The van der Waals surface area contributed by atoms with Crippen molar-refractivity contribution in [3.05, 3.63) is 29.8 Å². The standard InChI is InChI=1S/C15H19F3N2O3S/c16-15(17,18)12-8-4-5-9-13(12)24(22,23)19-10-14(21)20-11-6-2-1-3-7-11/h4-5,8-9,11,19H,1-3,6-7,10H2,(H,20,21). The SMILES string of the molecule is O=C(CNS(=O)(=O)c1ccccc1C(F)(F)F)NC1CCCCC1. The van der Waals surface area contributed by atoms with Crippen molar-refractivity contribution < 1.29 is 26.4 Å². The summed E-state index contributed by atoms with van der Waals surface area (Å²) >= 11 is 0. The molecule has 1 aliphatic rings. The lowest BCUT2D eigenvalue weighted by Gasteiger charge is -2.22. The lowest BCUT2D eigenvalue weighted by atomic mass is 9.95. The molecule has 0 radical (unpaired) electrons. The van der Waals surface area contributed by atoms with Gasteiger partial charge in [0.15, 0.2) is 0 Å². The van der Waals surface area contributed by atoms with E-state index in [1.165, 1.54) is 6.07 Å². The minimum absolute atomic E-state index is 0.00165. The Labute approximate surface area is 138 Å². The second-order valence-corrected chi connectivity index (χ2v) is 7.46. The molecule has 0 bridgehead atoms. The van der Waals surface area contributed by atoms with Gasteiger partial charge in [0.05, 0.1) is 17.0 Å². The second kappa shape index (κ2) is 7.52. The Balaban J connectivity index is 2.02. The van der Waals surface area contributed by atoms with E-state index >= 15 is 0 Å². The fourth-order valence-electron chi connectivity index (χ4n) is 2.70. The van der Waals surface area contributed by atoms with Gasteiger partial charge in [0.2, 0.25) is 15.9 Å². The van der Waals surface area contributed by atoms with Crippen LogP contribution in [0.1, 0.15) is 37.7 Å². The van der Waals surface area contributed by atoms with Crippen LogP contribution >= 0.6 is 0 Å². The van der Waals surface area contributed by atoms with Gasteiger partial charge >= 0.3 is 6.18 Å². The van der Waals surface area contributed by atoms with E-state index in [4.69, 9.17) is 0 Å². The summed E-state index contributed by atoms with van der Waals surface area (Å²) in [7, 11) is -4.44. The topological polar surface area (TPSA) is 75.3 Å². The third-order valence-electron chi connectivity index (χ3n) is 3.88. The molecule has 0 aliphatic heterocycles. The Kier molecular flexibility index (Phi) is 5.87. The van der Waals surface area contributed by atoms with Crippen molar-refractivity contribution in [2.75, 3.05) is 6.54 Å². The van der Waals surface area contributed by atoms with Crippen LogP contribution in [0.2, 0.25) is 0 Å². The largest absolute Gasteiger partial charge is 0.417 e. The number of benzene rings is 1. The molecule has 0 atom stereocenters. The van der Waals surface area contributed by atoms with Crippen LogP contribution in [-0.2, 0) is 21.0 Å². The average molecular weight is 364 g/mol. The van der Waals surface area contributed by atoms with Crippen molar-refractivity contribution in [3.63, 3.8) is 0 Å². The first-order chi connectivity index (χ1) is 11.2. The molecule has 2 rings (SSSR count). The Bertz CT molecular complexity index is 683. The van der Waals surface area contributed by atoms with Gasteiger partial charge in [0.25, 0.3) is 0 Å². The zero-order valence-electron chi connectivity index (χ0n) is 12.9. The lowest BCUT2D eigenvalue weighted by molar-refractivity contribution is -0.139. The molecule has 0 saturated heterocycles. The van der Waals surface area contributed by atoms with E-state index in [2.05, 4.69) is 5.32 Å². The van der Waals surface area contributed by atoms with Crippen molar-refractivity contribution >= 4 is 15.9 Å². The van der Waals surface area contributed by atoms with Crippen LogP contribution in [0, 0.1) is 0 Å². The first kappa shape index (κ1) is 18.7. The van der Waals surface area contributed by atoms with Crippen LogP contribution in [0.3, 0.4) is 0 Å².